The third-order valence-electron chi connectivity index (χ3n) is 4.99. The number of anilines is 1. The summed E-state index contributed by atoms with van der Waals surface area (Å²) in [5.41, 5.74) is 7.54. The zero-order valence-corrected chi connectivity index (χ0v) is 20.3. The second-order valence-corrected chi connectivity index (χ2v) is 8.22. The van der Waals surface area contributed by atoms with Gasteiger partial charge < -0.3 is 10.6 Å². The van der Waals surface area contributed by atoms with E-state index in [0.29, 0.717) is 40.0 Å². The number of rotatable bonds is 6. The van der Waals surface area contributed by atoms with Gasteiger partial charge in [0.2, 0.25) is 0 Å². The summed E-state index contributed by atoms with van der Waals surface area (Å²) in [5.74, 6) is 0.0223. The van der Waals surface area contributed by atoms with Gasteiger partial charge in [-0.2, -0.15) is 13.2 Å². The van der Waals surface area contributed by atoms with E-state index in [1.54, 1.807) is 32.2 Å². The molecule has 0 unspecified atom stereocenters. The minimum absolute atomic E-state index is 0.0676. The van der Waals surface area contributed by atoms with E-state index in [0.717, 1.165) is 11.6 Å². The molecule has 7 nitrogen and oxygen atoms in total. The lowest BCUT2D eigenvalue weighted by Gasteiger charge is -2.20. The molecule has 2 heterocycles. The summed E-state index contributed by atoms with van der Waals surface area (Å²) in [6.07, 6.45) is -0.549. The van der Waals surface area contributed by atoms with Gasteiger partial charge in [-0.15, -0.1) is 0 Å². The second kappa shape index (κ2) is 10.3. The average Bonchev–Trinajstić information content (AvgIpc) is 2.80. The van der Waals surface area contributed by atoms with Crippen molar-refractivity contribution in [3.05, 3.63) is 59.6 Å². The van der Waals surface area contributed by atoms with Gasteiger partial charge >= 0.3 is 6.18 Å². The van der Waals surface area contributed by atoms with Crippen LogP contribution >= 0.6 is 15.9 Å². The molecule has 178 valence electrons. The highest BCUT2D eigenvalue weighted by Gasteiger charge is 2.33. The Morgan fingerprint density at radius 2 is 1.94 bits per heavy atom. The predicted molar refractivity (Wildman–Crippen MR) is 130 cm³/mol. The van der Waals surface area contributed by atoms with E-state index < -0.39 is 11.9 Å². The van der Waals surface area contributed by atoms with Crippen LogP contribution in [0.25, 0.3) is 22.4 Å². The number of carbonyl (C=O) groups excluding carboxylic acids is 1. The second-order valence-electron chi connectivity index (χ2n) is 7.43. The Morgan fingerprint density at radius 3 is 2.56 bits per heavy atom. The van der Waals surface area contributed by atoms with Crippen LogP contribution in [0, 0.1) is 13.8 Å². The van der Waals surface area contributed by atoms with Gasteiger partial charge in [0, 0.05) is 30.2 Å². The number of fused-ring (bicyclic) bond motifs is 1. The van der Waals surface area contributed by atoms with Crippen LogP contribution in [0.1, 0.15) is 16.8 Å². The summed E-state index contributed by atoms with van der Waals surface area (Å²) in [6, 6.07) is 6.27. The first-order valence-corrected chi connectivity index (χ1v) is 11.3. The number of alkyl halides is 4. The molecule has 11 heteroatoms. The lowest BCUT2D eigenvalue weighted by Crippen LogP contribution is -2.33. The van der Waals surface area contributed by atoms with E-state index in [4.69, 9.17) is 5.73 Å². The van der Waals surface area contributed by atoms with Crippen LogP contribution in [-0.2, 0) is 11.0 Å². The molecule has 0 fully saturated rings. The quantitative estimate of drug-likeness (QED) is 0.368. The van der Waals surface area contributed by atoms with Crippen LogP contribution in [0.2, 0.25) is 0 Å². The van der Waals surface area contributed by atoms with Crippen molar-refractivity contribution in [1.29, 1.82) is 0 Å². The fourth-order valence-electron chi connectivity index (χ4n) is 3.36. The Labute approximate surface area is 202 Å². The number of pyridine rings is 1. The largest absolute Gasteiger partial charge is 0.433 e. The van der Waals surface area contributed by atoms with E-state index in [-0.39, 0.29) is 17.1 Å². The molecule has 3 rings (SSSR count). The molecule has 0 bridgehead atoms. The highest BCUT2D eigenvalue weighted by atomic mass is 79.9. The summed E-state index contributed by atoms with van der Waals surface area (Å²) in [5, 5.41) is 0.609. The molecule has 0 aliphatic carbocycles. The Morgan fingerprint density at radius 1 is 1.21 bits per heavy atom. The van der Waals surface area contributed by atoms with Crippen molar-refractivity contribution in [3.63, 3.8) is 0 Å². The van der Waals surface area contributed by atoms with Crippen LogP contribution in [0.3, 0.4) is 0 Å². The van der Waals surface area contributed by atoms with Crippen molar-refractivity contribution >= 4 is 44.3 Å². The van der Waals surface area contributed by atoms with Gasteiger partial charge in [0.05, 0.1) is 11.7 Å². The molecule has 2 aromatic heterocycles. The number of nitrogens with two attached hydrogens (primary N) is 1. The van der Waals surface area contributed by atoms with Gasteiger partial charge in [-0.1, -0.05) is 15.9 Å². The van der Waals surface area contributed by atoms with Crippen molar-refractivity contribution in [3.8, 4) is 11.4 Å². The third kappa shape index (κ3) is 5.41. The molecule has 0 spiro atoms. The zero-order chi connectivity index (χ0) is 25.0. The van der Waals surface area contributed by atoms with Crippen LogP contribution in [0.5, 0.6) is 0 Å². The number of amides is 1. The first-order chi connectivity index (χ1) is 16.1. The summed E-state index contributed by atoms with van der Waals surface area (Å²) in [7, 11) is 1.64. The van der Waals surface area contributed by atoms with Gasteiger partial charge in [0.15, 0.2) is 5.82 Å². The molecule has 0 radical (unpaired) electrons. The van der Waals surface area contributed by atoms with Crippen molar-refractivity contribution < 1.29 is 18.0 Å². The van der Waals surface area contributed by atoms with Gasteiger partial charge in [0.1, 0.15) is 16.9 Å². The van der Waals surface area contributed by atoms with E-state index in [9.17, 15) is 18.0 Å². The molecule has 34 heavy (non-hydrogen) atoms. The number of carbonyl (C=O) groups is 1. The maximum absolute atomic E-state index is 13.0. The predicted octanol–water partition coefficient (Wildman–Crippen LogP) is 4.60. The number of benzene rings is 1. The fraction of sp³-hybridized carbons (Fsp3) is 0.261. The van der Waals surface area contributed by atoms with Gasteiger partial charge in [-0.25, -0.2) is 15.0 Å². The highest BCUT2D eigenvalue weighted by Crippen LogP contribution is 2.31. The van der Waals surface area contributed by atoms with E-state index in [1.165, 1.54) is 23.4 Å². The average molecular weight is 535 g/mol. The smallest absolute Gasteiger partial charge is 0.405 e. The summed E-state index contributed by atoms with van der Waals surface area (Å²) in [4.78, 5) is 30.9. The summed E-state index contributed by atoms with van der Waals surface area (Å²) < 4.78 is 39.1. The number of aromatic nitrogens is 3. The molecule has 0 saturated carbocycles. The van der Waals surface area contributed by atoms with Crippen LogP contribution in [0.15, 0.2) is 47.7 Å². The molecule has 1 amide bonds. The van der Waals surface area contributed by atoms with Crippen molar-refractivity contribution in [1.82, 2.24) is 15.0 Å². The first-order valence-electron chi connectivity index (χ1n) is 10.2. The van der Waals surface area contributed by atoms with Crippen LogP contribution in [0.4, 0.5) is 18.9 Å². The SMILES string of the molecule is Cc1cc(-c2ncc3nc(C(F)(F)F)cc(C)c3n2)ccc1N(C)C(=O)C(C=CN)=NCCBr. The van der Waals surface area contributed by atoms with Gasteiger partial charge in [-0.3, -0.25) is 9.79 Å². The van der Waals surface area contributed by atoms with Crippen molar-refractivity contribution in [2.75, 3.05) is 23.8 Å². The lowest BCUT2D eigenvalue weighted by molar-refractivity contribution is -0.141. The first kappa shape index (κ1) is 25.3. The molecule has 0 atom stereocenters. The molecular formula is C23H22BrF3N6O. The summed E-state index contributed by atoms with van der Waals surface area (Å²) in [6.45, 7) is 3.81. The number of nitrogens with zero attached hydrogens (tertiary/aromatic N) is 5. The Hall–Kier alpha value is -3.34. The molecule has 1 aromatic carbocycles. The maximum atomic E-state index is 13.0. The zero-order valence-electron chi connectivity index (χ0n) is 18.7. The number of hydrogen-bond acceptors (Lipinski definition) is 6. The molecule has 2 N–H and O–H groups in total. The van der Waals surface area contributed by atoms with E-state index in [1.807, 2.05) is 6.92 Å². The number of aliphatic imine (C=N–C) groups is 1. The summed E-state index contributed by atoms with van der Waals surface area (Å²) >= 11 is 3.28. The minimum atomic E-state index is -4.55. The van der Waals surface area contributed by atoms with Crippen molar-refractivity contribution in [2.45, 2.75) is 20.0 Å². The molecule has 0 saturated heterocycles. The topological polar surface area (TPSA) is 97.4 Å². The third-order valence-corrected chi connectivity index (χ3v) is 5.34. The highest BCUT2D eigenvalue weighted by molar-refractivity contribution is 9.09. The Kier molecular flexibility index (Phi) is 7.65. The van der Waals surface area contributed by atoms with Gasteiger partial charge in [-0.05, 0) is 61.5 Å². The van der Waals surface area contributed by atoms with Crippen molar-refractivity contribution in [2.24, 2.45) is 10.7 Å². The molecule has 0 aliphatic heterocycles. The molecular weight excluding hydrogens is 513 g/mol. The normalized spacial score (nSPS) is 12.5. The molecule has 0 aliphatic rings. The van der Waals surface area contributed by atoms with Gasteiger partial charge in [0.25, 0.3) is 5.91 Å². The number of aryl methyl sites for hydroxylation is 2. The fourth-order valence-corrected chi connectivity index (χ4v) is 3.54. The minimum Gasteiger partial charge on any atom is -0.405 e. The maximum Gasteiger partial charge on any atom is 0.433 e. The molecule has 3 aromatic rings. The van der Waals surface area contributed by atoms with Crippen LogP contribution < -0.4 is 10.6 Å². The lowest BCUT2D eigenvalue weighted by atomic mass is 10.1. The van der Waals surface area contributed by atoms with E-state index >= 15 is 0 Å². The van der Waals surface area contributed by atoms with E-state index in [2.05, 4.69) is 35.9 Å². The van der Waals surface area contributed by atoms with Crippen LogP contribution in [-0.4, -0.2) is 45.5 Å². The number of halogens is 4. The Balaban J connectivity index is 1.95. The Bertz CT molecular complexity index is 1290. The standard InChI is InChI=1S/C23H22BrF3N6O/c1-13-10-15(4-5-18(13)33(3)22(34)16(6-8-28)29-9-7-24)21-30-12-17-20(32-21)14(2)11-19(31-17)23(25,26)27/h4-6,8,10-12H,7,9,28H2,1-3H3. The monoisotopic (exact) mass is 534 g/mol. The number of hydrogen-bond donors (Lipinski definition) is 1.